The molecule has 0 spiro atoms. The summed E-state index contributed by atoms with van der Waals surface area (Å²) in [6, 6.07) is 0.201. The lowest BCUT2D eigenvalue weighted by molar-refractivity contribution is -0.147. The molecule has 0 saturated heterocycles. The Labute approximate surface area is 90.8 Å². The van der Waals surface area contributed by atoms with Gasteiger partial charge in [0.25, 0.3) is 0 Å². The van der Waals surface area contributed by atoms with Crippen LogP contribution in [0, 0.1) is 0 Å². The van der Waals surface area contributed by atoms with Crippen molar-refractivity contribution in [3.63, 3.8) is 0 Å². The van der Waals surface area contributed by atoms with Crippen molar-refractivity contribution in [2.75, 3.05) is 18.4 Å². The maximum absolute atomic E-state index is 12.2. The molecule has 0 N–H and O–H groups in total. The Balaban J connectivity index is 2.24. The summed E-state index contributed by atoms with van der Waals surface area (Å²) in [5, 5.41) is 0.873. The fourth-order valence-corrected chi connectivity index (χ4v) is 1.87. The lowest BCUT2D eigenvalue weighted by Crippen LogP contribution is -2.36. The summed E-state index contributed by atoms with van der Waals surface area (Å²) in [6.07, 6.45) is -0.384. The number of unbranched alkanes of at least 4 members (excludes halogenated alkanes) is 1. The quantitative estimate of drug-likeness (QED) is 0.531. The second kappa shape index (κ2) is 5.35. The Morgan fingerprint density at radius 3 is 2.29 bits per heavy atom. The number of alkyl halides is 4. The minimum absolute atomic E-state index is 0.201. The van der Waals surface area contributed by atoms with E-state index in [0.717, 1.165) is 31.0 Å². The first-order chi connectivity index (χ1) is 6.53. The van der Waals surface area contributed by atoms with E-state index in [0.29, 0.717) is 6.54 Å². The predicted octanol–water partition coefficient (Wildman–Crippen LogP) is 3.19. The van der Waals surface area contributed by atoms with Crippen LogP contribution < -0.4 is 0 Å². The van der Waals surface area contributed by atoms with Gasteiger partial charge in [0.05, 0.1) is 6.54 Å². The number of nitrogens with zero attached hydrogens (tertiary/aromatic N) is 1. The van der Waals surface area contributed by atoms with Crippen LogP contribution in [0.3, 0.4) is 0 Å². The Morgan fingerprint density at radius 1 is 1.21 bits per heavy atom. The molecule has 0 aromatic heterocycles. The lowest BCUT2D eigenvalue weighted by Gasteiger charge is -2.22. The Bertz CT molecular complexity index is 168. The molecule has 0 unspecified atom stereocenters. The Morgan fingerprint density at radius 2 is 1.86 bits per heavy atom. The van der Waals surface area contributed by atoms with Crippen molar-refractivity contribution >= 4 is 15.9 Å². The van der Waals surface area contributed by atoms with Gasteiger partial charge in [0, 0.05) is 11.4 Å². The smallest absolute Gasteiger partial charge is 0.292 e. The molecule has 1 fully saturated rings. The summed E-state index contributed by atoms with van der Waals surface area (Å²) in [6.45, 7) is -0.157. The van der Waals surface area contributed by atoms with Gasteiger partial charge in [-0.15, -0.1) is 0 Å². The van der Waals surface area contributed by atoms with Gasteiger partial charge in [-0.2, -0.15) is 13.2 Å². The fourth-order valence-electron chi connectivity index (χ4n) is 1.47. The van der Waals surface area contributed by atoms with E-state index in [1.807, 2.05) is 0 Å². The summed E-state index contributed by atoms with van der Waals surface area (Å²) in [7, 11) is 0. The third-order valence-electron chi connectivity index (χ3n) is 2.27. The van der Waals surface area contributed by atoms with E-state index in [4.69, 9.17) is 0 Å². The van der Waals surface area contributed by atoms with E-state index in [9.17, 15) is 13.2 Å². The summed E-state index contributed by atoms with van der Waals surface area (Å²) in [4.78, 5) is 1.57. The van der Waals surface area contributed by atoms with Gasteiger partial charge in [0.1, 0.15) is 0 Å². The Hall–Kier alpha value is 0.230. The molecule has 0 bridgehead atoms. The van der Waals surface area contributed by atoms with Crippen LogP contribution >= 0.6 is 15.9 Å². The van der Waals surface area contributed by atoms with Gasteiger partial charge in [-0.1, -0.05) is 15.9 Å². The van der Waals surface area contributed by atoms with Crippen LogP contribution in [0.1, 0.15) is 25.7 Å². The van der Waals surface area contributed by atoms with Gasteiger partial charge in [0.15, 0.2) is 0 Å². The summed E-state index contributed by atoms with van der Waals surface area (Å²) >= 11 is 3.27. The highest BCUT2D eigenvalue weighted by Crippen LogP contribution is 2.30. The molecule has 0 heterocycles. The maximum atomic E-state index is 12.2. The van der Waals surface area contributed by atoms with Crippen LogP contribution in [0.2, 0.25) is 0 Å². The van der Waals surface area contributed by atoms with Crippen LogP contribution in [0.25, 0.3) is 0 Å². The molecule has 14 heavy (non-hydrogen) atoms. The number of hydrogen-bond acceptors (Lipinski definition) is 1. The molecule has 0 aromatic rings. The van der Waals surface area contributed by atoms with Gasteiger partial charge >= 0.3 is 6.18 Å². The molecule has 1 aliphatic rings. The molecule has 0 radical (unpaired) electrons. The zero-order valence-electron chi connectivity index (χ0n) is 7.99. The van der Waals surface area contributed by atoms with Gasteiger partial charge in [-0.3, -0.25) is 4.90 Å². The first-order valence-electron chi connectivity index (χ1n) is 4.89. The van der Waals surface area contributed by atoms with Crippen molar-refractivity contribution in [3.05, 3.63) is 0 Å². The average Bonchev–Trinajstić information content (AvgIpc) is 2.83. The SMILES string of the molecule is FC(F)(F)CN(CCCCBr)C1CC1. The lowest BCUT2D eigenvalue weighted by atomic mass is 10.3. The van der Waals surface area contributed by atoms with E-state index in [1.54, 1.807) is 4.90 Å². The first-order valence-corrected chi connectivity index (χ1v) is 6.02. The zero-order chi connectivity index (χ0) is 10.6. The number of hydrogen-bond donors (Lipinski definition) is 0. The first kappa shape index (κ1) is 12.3. The molecule has 0 aliphatic heterocycles. The third-order valence-corrected chi connectivity index (χ3v) is 2.84. The van der Waals surface area contributed by atoms with Crippen LogP contribution in [-0.4, -0.2) is 35.5 Å². The van der Waals surface area contributed by atoms with Gasteiger partial charge in [-0.25, -0.2) is 0 Å². The monoisotopic (exact) mass is 273 g/mol. The predicted molar refractivity (Wildman–Crippen MR) is 53.7 cm³/mol. The summed E-state index contributed by atoms with van der Waals surface area (Å²) < 4.78 is 36.5. The van der Waals surface area contributed by atoms with Crippen LogP contribution in [0.4, 0.5) is 13.2 Å². The Kier molecular flexibility index (Phi) is 4.70. The average molecular weight is 274 g/mol. The molecule has 1 aliphatic carbocycles. The van der Waals surface area contributed by atoms with Crippen molar-refractivity contribution in [1.82, 2.24) is 4.90 Å². The largest absolute Gasteiger partial charge is 0.401 e. The van der Waals surface area contributed by atoms with Crippen molar-refractivity contribution in [2.24, 2.45) is 0 Å². The molecule has 1 rings (SSSR count). The second-order valence-corrected chi connectivity index (χ2v) is 4.51. The molecular weight excluding hydrogens is 259 g/mol. The topological polar surface area (TPSA) is 3.24 Å². The highest BCUT2D eigenvalue weighted by atomic mass is 79.9. The van der Waals surface area contributed by atoms with Crippen molar-refractivity contribution in [3.8, 4) is 0 Å². The van der Waals surface area contributed by atoms with Gasteiger partial charge < -0.3 is 0 Å². The van der Waals surface area contributed by atoms with E-state index < -0.39 is 12.7 Å². The van der Waals surface area contributed by atoms with Crippen molar-refractivity contribution in [2.45, 2.75) is 37.9 Å². The van der Waals surface area contributed by atoms with Gasteiger partial charge in [0.2, 0.25) is 0 Å². The molecule has 0 atom stereocenters. The highest BCUT2D eigenvalue weighted by Gasteiger charge is 2.37. The molecule has 1 nitrogen and oxygen atoms in total. The standard InChI is InChI=1S/C9H15BrF3N/c10-5-1-2-6-14(8-3-4-8)7-9(11,12)13/h8H,1-7H2. The van der Waals surface area contributed by atoms with E-state index >= 15 is 0 Å². The number of rotatable bonds is 6. The minimum atomic E-state index is -4.04. The molecule has 0 amide bonds. The van der Waals surface area contributed by atoms with Crippen LogP contribution in [0.5, 0.6) is 0 Å². The highest BCUT2D eigenvalue weighted by molar-refractivity contribution is 9.09. The zero-order valence-corrected chi connectivity index (χ0v) is 9.57. The van der Waals surface area contributed by atoms with Crippen molar-refractivity contribution in [1.29, 1.82) is 0 Å². The van der Waals surface area contributed by atoms with Crippen LogP contribution in [-0.2, 0) is 0 Å². The fraction of sp³-hybridized carbons (Fsp3) is 1.00. The molecule has 1 saturated carbocycles. The second-order valence-electron chi connectivity index (χ2n) is 3.71. The minimum Gasteiger partial charge on any atom is -0.292 e. The third kappa shape index (κ3) is 5.20. The summed E-state index contributed by atoms with van der Waals surface area (Å²) in [5.41, 5.74) is 0. The molecular formula is C9H15BrF3N. The van der Waals surface area contributed by atoms with E-state index in [-0.39, 0.29) is 6.04 Å². The van der Waals surface area contributed by atoms with E-state index in [1.165, 1.54) is 0 Å². The summed E-state index contributed by atoms with van der Waals surface area (Å²) in [5.74, 6) is 0. The molecule has 5 heteroatoms. The van der Waals surface area contributed by atoms with E-state index in [2.05, 4.69) is 15.9 Å². The number of halogens is 4. The molecule has 84 valence electrons. The normalized spacial score (nSPS) is 17.8. The van der Waals surface area contributed by atoms with Gasteiger partial charge in [-0.05, 0) is 32.2 Å². The van der Waals surface area contributed by atoms with Crippen molar-refractivity contribution < 1.29 is 13.2 Å². The molecule has 0 aromatic carbocycles. The van der Waals surface area contributed by atoms with Crippen LogP contribution in [0.15, 0.2) is 0 Å². The maximum Gasteiger partial charge on any atom is 0.401 e.